The smallest absolute Gasteiger partial charge is 0.274 e. The zero-order valence-electron chi connectivity index (χ0n) is 16.7. The monoisotopic (exact) mass is 522 g/mol. The molecule has 0 aliphatic carbocycles. The lowest BCUT2D eigenvalue weighted by Crippen LogP contribution is -2.48. The summed E-state index contributed by atoms with van der Waals surface area (Å²) in [6, 6.07) is 14.9. The van der Waals surface area contributed by atoms with Crippen LogP contribution in [-0.2, 0) is 13.3 Å². The van der Waals surface area contributed by atoms with Crippen LogP contribution in [0.1, 0.15) is 16.1 Å². The molecule has 2 heterocycles. The van der Waals surface area contributed by atoms with E-state index < -0.39 is 0 Å². The number of ether oxygens (including phenoxy) is 1. The molecule has 1 fully saturated rings. The lowest BCUT2D eigenvalue weighted by atomic mass is 10.2. The highest BCUT2D eigenvalue weighted by atomic mass is 79.9. The van der Waals surface area contributed by atoms with Gasteiger partial charge >= 0.3 is 0 Å². The summed E-state index contributed by atoms with van der Waals surface area (Å²) >= 11 is 15.3. The van der Waals surface area contributed by atoms with Crippen molar-refractivity contribution in [3.8, 4) is 5.75 Å². The van der Waals surface area contributed by atoms with Crippen LogP contribution in [0.3, 0.4) is 0 Å². The van der Waals surface area contributed by atoms with Crippen molar-refractivity contribution in [1.29, 1.82) is 0 Å². The number of halogens is 3. The first-order valence-corrected chi connectivity index (χ1v) is 11.4. The first kappa shape index (κ1) is 22.1. The summed E-state index contributed by atoms with van der Waals surface area (Å²) < 4.78 is 8.12. The third-order valence-electron chi connectivity index (χ3n) is 5.08. The summed E-state index contributed by atoms with van der Waals surface area (Å²) in [5.74, 6) is 0.599. The molecule has 1 aliphatic heterocycles. The Bertz CT molecular complexity index is 1050. The van der Waals surface area contributed by atoms with Crippen LogP contribution in [0, 0.1) is 0 Å². The molecule has 1 aliphatic rings. The van der Waals surface area contributed by atoms with Gasteiger partial charge in [-0.3, -0.25) is 9.69 Å². The van der Waals surface area contributed by atoms with Crippen molar-refractivity contribution >= 4 is 45.0 Å². The fourth-order valence-electron chi connectivity index (χ4n) is 3.39. The molecule has 1 aromatic heterocycles. The fraction of sp³-hybridized carbons (Fsp3) is 0.273. The highest BCUT2D eigenvalue weighted by Gasteiger charge is 2.23. The summed E-state index contributed by atoms with van der Waals surface area (Å²) in [5, 5.41) is 5.74. The standard InChI is InChI=1S/C22H21BrCl2N4O2/c23-19-13-18(25)5-6-21(19)31-15-29-8-7-20(26-29)22(30)28-11-9-27(10-12-28)14-16-1-3-17(24)4-2-16/h1-8,13H,9-12,14-15H2. The molecule has 0 bridgehead atoms. The molecule has 31 heavy (non-hydrogen) atoms. The Morgan fingerprint density at radius 2 is 1.71 bits per heavy atom. The van der Waals surface area contributed by atoms with Crippen LogP contribution in [0.15, 0.2) is 59.2 Å². The normalized spacial score (nSPS) is 14.6. The van der Waals surface area contributed by atoms with Gasteiger partial charge in [0, 0.05) is 49.0 Å². The molecule has 9 heteroatoms. The van der Waals surface area contributed by atoms with Gasteiger partial charge in [-0.25, -0.2) is 4.68 Å². The zero-order valence-corrected chi connectivity index (χ0v) is 19.8. The Morgan fingerprint density at radius 1 is 1.00 bits per heavy atom. The van der Waals surface area contributed by atoms with Crippen LogP contribution in [-0.4, -0.2) is 51.7 Å². The number of carbonyl (C=O) groups is 1. The first-order chi connectivity index (χ1) is 15.0. The summed E-state index contributed by atoms with van der Waals surface area (Å²) in [5.41, 5.74) is 1.64. The maximum absolute atomic E-state index is 12.8. The van der Waals surface area contributed by atoms with E-state index in [2.05, 4.69) is 25.9 Å². The molecule has 0 atom stereocenters. The Labute approximate surface area is 199 Å². The van der Waals surface area contributed by atoms with E-state index in [1.54, 1.807) is 35.1 Å². The van der Waals surface area contributed by atoms with Crippen LogP contribution >= 0.6 is 39.1 Å². The third-order valence-corrected chi connectivity index (χ3v) is 6.19. The maximum atomic E-state index is 12.8. The number of rotatable bonds is 6. The second kappa shape index (κ2) is 10.0. The predicted octanol–water partition coefficient (Wildman–Crippen LogP) is 4.95. The Kier molecular flexibility index (Phi) is 7.17. The molecule has 0 N–H and O–H groups in total. The molecule has 1 amide bonds. The third kappa shape index (κ3) is 5.80. The maximum Gasteiger partial charge on any atom is 0.274 e. The number of hydrogen-bond acceptors (Lipinski definition) is 4. The molecule has 0 unspecified atom stereocenters. The zero-order chi connectivity index (χ0) is 21.8. The van der Waals surface area contributed by atoms with Gasteiger partial charge in [-0.15, -0.1) is 0 Å². The Hall–Kier alpha value is -2.06. The second-order valence-electron chi connectivity index (χ2n) is 7.28. The highest BCUT2D eigenvalue weighted by Crippen LogP contribution is 2.28. The van der Waals surface area contributed by atoms with Crippen molar-refractivity contribution in [2.24, 2.45) is 0 Å². The number of hydrogen-bond donors (Lipinski definition) is 0. The molecule has 0 saturated carbocycles. The van der Waals surface area contributed by atoms with Gasteiger partial charge in [0.05, 0.1) is 4.47 Å². The average molecular weight is 524 g/mol. The van der Waals surface area contributed by atoms with Crippen molar-refractivity contribution in [3.63, 3.8) is 0 Å². The molecule has 6 nitrogen and oxygen atoms in total. The highest BCUT2D eigenvalue weighted by molar-refractivity contribution is 9.10. The first-order valence-electron chi connectivity index (χ1n) is 9.85. The number of carbonyl (C=O) groups excluding carboxylic acids is 1. The minimum atomic E-state index is -0.0578. The molecule has 1 saturated heterocycles. The van der Waals surface area contributed by atoms with Crippen molar-refractivity contribution < 1.29 is 9.53 Å². The van der Waals surface area contributed by atoms with Crippen molar-refractivity contribution in [2.75, 3.05) is 26.2 Å². The second-order valence-corrected chi connectivity index (χ2v) is 9.01. The molecule has 4 rings (SSSR count). The van der Waals surface area contributed by atoms with E-state index in [1.165, 1.54) is 5.56 Å². The van der Waals surface area contributed by atoms with Gasteiger partial charge in [0.2, 0.25) is 0 Å². The van der Waals surface area contributed by atoms with E-state index >= 15 is 0 Å². The van der Waals surface area contributed by atoms with E-state index in [0.29, 0.717) is 29.6 Å². The number of nitrogens with zero attached hydrogens (tertiary/aromatic N) is 4. The van der Waals surface area contributed by atoms with Crippen LogP contribution in [0.25, 0.3) is 0 Å². The molecule has 0 spiro atoms. The van der Waals surface area contributed by atoms with Gasteiger partial charge < -0.3 is 9.64 Å². The van der Waals surface area contributed by atoms with Crippen molar-refractivity contribution in [3.05, 3.63) is 80.5 Å². The molecular weight excluding hydrogens is 503 g/mol. The predicted molar refractivity (Wildman–Crippen MR) is 125 cm³/mol. The Morgan fingerprint density at radius 3 is 2.42 bits per heavy atom. The quantitative estimate of drug-likeness (QED) is 0.459. The van der Waals surface area contributed by atoms with Crippen molar-refractivity contribution in [1.82, 2.24) is 19.6 Å². The van der Waals surface area contributed by atoms with E-state index in [4.69, 9.17) is 27.9 Å². The van der Waals surface area contributed by atoms with Crippen LogP contribution in [0.4, 0.5) is 0 Å². The topological polar surface area (TPSA) is 50.6 Å². The number of piperazine rings is 1. The molecule has 3 aromatic rings. The minimum Gasteiger partial charge on any atom is -0.470 e. The van der Waals surface area contributed by atoms with Gasteiger partial charge in [-0.1, -0.05) is 35.3 Å². The molecule has 0 radical (unpaired) electrons. The summed E-state index contributed by atoms with van der Waals surface area (Å²) in [4.78, 5) is 17.0. The summed E-state index contributed by atoms with van der Waals surface area (Å²) in [6.07, 6.45) is 1.74. The number of benzene rings is 2. The van der Waals surface area contributed by atoms with E-state index in [0.717, 1.165) is 29.1 Å². The van der Waals surface area contributed by atoms with Gasteiger partial charge in [0.25, 0.3) is 5.91 Å². The van der Waals surface area contributed by atoms with Crippen LogP contribution in [0.2, 0.25) is 10.0 Å². The number of amides is 1. The molecule has 2 aromatic carbocycles. The van der Waals surface area contributed by atoms with Crippen LogP contribution in [0.5, 0.6) is 5.75 Å². The van der Waals surface area contributed by atoms with Gasteiger partial charge in [-0.05, 0) is 57.9 Å². The fourth-order valence-corrected chi connectivity index (χ4v) is 4.32. The summed E-state index contributed by atoms with van der Waals surface area (Å²) in [6.45, 7) is 4.04. The summed E-state index contributed by atoms with van der Waals surface area (Å²) in [7, 11) is 0. The Balaban J connectivity index is 1.28. The lowest BCUT2D eigenvalue weighted by molar-refractivity contribution is 0.0621. The largest absolute Gasteiger partial charge is 0.470 e. The minimum absolute atomic E-state index is 0.0578. The van der Waals surface area contributed by atoms with Gasteiger partial charge in [0.1, 0.15) is 5.75 Å². The lowest BCUT2D eigenvalue weighted by Gasteiger charge is -2.34. The van der Waals surface area contributed by atoms with E-state index in [1.807, 2.05) is 29.2 Å². The van der Waals surface area contributed by atoms with E-state index in [-0.39, 0.29) is 12.6 Å². The number of aromatic nitrogens is 2. The van der Waals surface area contributed by atoms with Crippen LogP contribution < -0.4 is 4.74 Å². The van der Waals surface area contributed by atoms with Crippen molar-refractivity contribution in [2.45, 2.75) is 13.3 Å². The SMILES string of the molecule is O=C(c1ccn(COc2ccc(Cl)cc2Br)n1)N1CCN(Cc2ccc(Cl)cc2)CC1. The molecule has 162 valence electrons. The molecular formula is C22H21BrCl2N4O2. The van der Waals surface area contributed by atoms with Gasteiger partial charge in [-0.2, -0.15) is 5.10 Å². The van der Waals surface area contributed by atoms with E-state index in [9.17, 15) is 4.79 Å². The average Bonchev–Trinajstić information content (AvgIpc) is 3.24. The van der Waals surface area contributed by atoms with Gasteiger partial charge in [0.15, 0.2) is 12.4 Å².